The average Bonchev–Trinajstić information content (AvgIpc) is 3.69. The topological polar surface area (TPSA) is 55.1 Å². The number of furan rings is 1. The summed E-state index contributed by atoms with van der Waals surface area (Å²) in [7, 11) is 0. The van der Waals surface area contributed by atoms with Crippen molar-refractivity contribution in [2.24, 2.45) is 0 Å². The number of hydrogen-bond donors (Lipinski definition) is 0. The molecule has 0 saturated carbocycles. The van der Waals surface area contributed by atoms with Crippen LogP contribution in [-0.2, 0) is 0 Å². The Morgan fingerprint density at radius 1 is 0.328 bits per heavy atom. The van der Waals surface area contributed by atoms with Gasteiger partial charge in [-0.2, -0.15) is 0 Å². The van der Waals surface area contributed by atoms with Gasteiger partial charge in [0.2, 0.25) is 0 Å². The third kappa shape index (κ3) is 5.85. The molecule has 0 radical (unpaired) electrons. The van der Waals surface area contributed by atoms with E-state index in [2.05, 4.69) is 150 Å². The maximum atomic E-state index is 7.01. The van der Waals surface area contributed by atoms with Gasteiger partial charge in [-0.1, -0.05) is 170 Å². The van der Waals surface area contributed by atoms with Crippen LogP contribution in [-0.4, -0.2) is 15.0 Å². The summed E-state index contributed by atoms with van der Waals surface area (Å²) in [5.74, 6) is 1.91. The molecule has 5 heteroatoms. The minimum atomic E-state index is 0.627. The van der Waals surface area contributed by atoms with Gasteiger partial charge in [-0.3, -0.25) is 0 Å². The molecule has 5 nitrogen and oxygen atoms in total. The van der Waals surface area contributed by atoms with E-state index in [1.165, 1.54) is 10.8 Å². The maximum Gasteiger partial charge on any atom is 0.164 e. The van der Waals surface area contributed by atoms with Gasteiger partial charge in [0.05, 0.1) is 5.69 Å². The molecular weight excluding hydrogens is 709 g/mol. The number of anilines is 3. The molecular formula is C53H34N4O. The van der Waals surface area contributed by atoms with Crippen molar-refractivity contribution in [2.75, 3.05) is 4.90 Å². The molecule has 0 N–H and O–H groups in total. The van der Waals surface area contributed by atoms with Crippen LogP contribution >= 0.6 is 0 Å². The van der Waals surface area contributed by atoms with E-state index in [0.29, 0.717) is 17.5 Å². The second-order valence-electron chi connectivity index (χ2n) is 14.4. The number of nitrogens with zero attached hydrogens (tertiary/aromatic N) is 4. The van der Waals surface area contributed by atoms with Crippen molar-refractivity contribution in [3.63, 3.8) is 0 Å². The zero-order chi connectivity index (χ0) is 38.4. The lowest BCUT2D eigenvalue weighted by atomic mass is 9.94. The molecule has 11 rings (SSSR count). The first-order valence-corrected chi connectivity index (χ1v) is 19.4. The van der Waals surface area contributed by atoms with Crippen LogP contribution in [0.4, 0.5) is 17.1 Å². The summed E-state index contributed by atoms with van der Waals surface area (Å²) in [5.41, 5.74) is 9.83. The van der Waals surface area contributed by atoms with E-state index < -0.39 is 0 Å². The number of benzene rings is 9. The highest BCUT2D eigenvalue weighted by atomic mass is 16.3. The van der Waals surface area contributed by atoms with Gasteiger partial charge < -0.3 is 9.32 Å². The van der Waals surface area contributed by atoms with Crippen LogP contribution in [0.1, 0.15) is 0 Å². The molecule has 0 aliphatic heterocycles. The fourth-order valence-corrected chi connectivity index (χ4v) is 8.08. The van der Waals surface area contributed by atoms with Crippen molar-refractivity contribution in [3.8, 4) is 45.3 Å². The van der Waals surface area contributed by atoms with Crippen LogP contribution in [0, 0.1) is 0 Å². The van der Waals surface area contributed by atoms with Gasteiger partial charge in [0, 0.05) is 44.2 Å². The van der Waals surface area contributed by atoms with Crippen LogP contribution in [0.5, 0.6) is 0 Å². The lowest BCUT2D eigenvalue weighted by Crippen LogP contribution is -2.10. The number of rotatable bonds is 7. The molecule has 11 aromatic rings. The monoisotopic (exact) mass is 742 g/mol. The van der Waals surface area contributed by atoms with E-state index in [1.807, 2.05) is 60.7 Å². The van der Waals surface area contributed by atoms with Gasteiger partial charge in [0.25, 0.3) is 0 Å². The molecule has 58 heavy (non-hydrogen) atoms. The maximum absolute atomic E-state index is 7.01. The number of fused-ring (bicyclic) bond motifs is 6. The van der Waals surface area contributed by atoms with Gasteiger partial charge in [-0.05, 0) is 63.7 Å². The van der Waals surface area contributed by atoms with Crippen molar-refractivity contribution in [2.45, 2.75) is 0 Å². The first-order valence-electron chi connectivity index (χ1n) is 19.4. The molecule has 0 unspecified atom stereocenters. The summed E-state index contributed by atoms with van der Waals surface area (Å²) in [6, 6.07) is 71.6. The zero-order valence-corrected chi connectivity index (χ0v) is 31.3. The predicted octanol–water partition coefficient (Wildman–Crippen LogP) is 14.2. The quantitative estimate of drug-likeness (QED) is 0.163. The number of para-hydroxylation sites is 2. The second-order valence-corrected chi connectivity index (χ2v) is 14.4. The Balaban J connectivity index is 1.05. The normalized spacial score (nSPS) is 11.4. The summed E-state index contributed by atoms with van der Waals surface area (Å²) in [4.78, 5) is 17.1. The summed E-state index contributed by atoms with van der Waals surface area (Å²) in [5, 5.41) is 6.70. The molecule has 0 atom stereocenters. The summed E-state index contributed by atoms with van der Waals surface area (Å²) >= 11 is 0. The Labute approximate surface area is 335 Å². The molecule has 0 aliphatic rings. The van der Waals surface area contributed by atoms with Crippen molar-refractivity contribution in [3.05, 3.63) is 206 Å². The fourth-order valence-electron chi connectivity index (χ4n) is 8.08. The average molecular weight is 743 g/mol. The van der Waals surface area contributed by atoms with Gasteiger partial charge in [0.1, 0.15) is 5.58 Å². The second kappa shape index (κ2) is 14.0. The van der Waals surface area contributed by atoms with Crippen LogP contribution < -0.4 is 4.90 Å². The summed E-state index contributed by atoms with van der Waals surface area (Å²) < 4.78 is 7.01. The molecule has 272 valence electrons. The molecule has 2 aromatic heterocycles. The third-order valence-corrected chi connectivity index (χ3v) is 10.9. The molecule has 2 heterocycles. The molecule has 0 bridgehead atoms. The SMILES string of the molecule is c1ccc(-c2nc(-c3ccccc3)nc(-c3ccc(-c4cc5c6cccc(N(c7ccccc7)c7ccc8ccccc8c7)c6oc5c5ccccc45)cc3)n2)cc1. The van der Waals surface area contributed by atoms with Crippen LogP contribution in [0.25, 0.3) is 88.8 Å². The fraction of sp³-hybridized carbons (Fsp3) is 0. The molecule has 0 saturated heterocycles. The van der Waals surface area contributed by atoms with Crippen LogP contribution in [0.15, 0.2) is 211 Å². The Hall–Kier alpha value is -7.89. The van der Waals surface area contributed by atoms with E-state index in [1.54, 1.807) is 0 Å². The van der Waals surface area contributed by atoms with Gasteiger partial charge >= 0.3 is 0 Å². The first kappa shape index (κ1) is 33.4. The minimum Gasteiger partial charge on any atom is -0.453 e. The standard InChI is InChI=1S/C53H34N4O/c1-4-16-37(17-5-1)51-54-52(38-18-6-2-7-19-38)56-53(55-51)39-29-27-36(28-30-39)46-34-47-45-25-14-26-48(50(45)58-49(47)44-24-13-12-23-43(44)46)57(41-21-8-3-9-22-41)42-32-31-35-15-10-11-20-40(35)33-42/h1-34H. The van der Waals surface area contributed by atoms with Crippen molar-refractivity contribution < 1.29 is 4.42 Å². The van der Waals surface area contributed by atoms with Crippen LogP contribution in [0.3, 0.4) is 0 Å². The highest BCUT2D eigenvalue weighted by molar-refractivity contribution is 6.21. The van der Waals surface area contributed by atoms with Crippen molar-refractivity contribution in [1.82, 2.24) is 15.0 Å². The predicted molar refractivity (Wildman–Crippen MR) is 239 cm³/mol. The van der Waals surface area contributed by atoms with Crippen molar-refractivity contribution in [1.29, 1.82) is 0 Å². The first-order chi connectivity index (χ1) is 28.7. The Morgan fingerprint density at radius 3 is 1.52 bits per heavy atom. The van der Waals surface area contributed by atoms with Crippen LogP contribution in [0.2, 0.25) is 0 Å². The molecule has 9 aromatic carbocycles. The van der Waals surface area contributed by atoms with E-state index >= 15 is 0 Å². The van der Waals surface area contributed by atoms with Gasteiger partial charge in [0.15, 0.2) is 23.1 Å². The highest BCUT2D eigenvalue weighted by Crippen LogP contribution is 2.46. The Kier molecular flexibility index (Phi) is 8.07. The Morgan fingerprint density at radius 2 is 0.845 bits per heavy atom. The van der Waals surface area contributed by atoms with Crippen molar-refractivity contribution >= 4 is 60.5 Å². The summed E-state index contributed by atoms with van der Waals surface area (Å²) in [6.45, 7) is 0. The van der Waals surface area contributed by atoms with E-state index in [9.17, 15) is 0 Å². The zero-order valence-electron chi connectivity index (χ0n) is 31.3. The molecule has 0 aliphatic carbocycles. The third-order valence-electron chi connectivity index (χ3n) is 10.9. The largest absolute Gasteiger partial charge is 0.453 e. The Bertz CT molecular complexity index is 3210. The highest BCUT2D eigenvalue weighted by Gasteiger charge is 2.22. The number of hydrogen-bond acceptors (Lipinski definition) is 5. The van der Waals surface area contributed by atoms with Gasteiger partial charge in [-0.25, -0.2) is 15.0 Å². The lowest BCUT2D eigenvalue weighted by molar-refractivity contribution is 0.673. The summed E-state index contributed by atoms with van der Waals surface area (Å²) in [6.07, 6.45) is 0. The van der Waals surface area contributed by atoms with E-state index in [0.717, 1.165) is 77.6 Å². The molecule has 0 fully saturated rings. The van der Waals surface area contributed by atoms with E-state index in [4.69, 9.17) is 19.4 Å². The molecule has 0 spiro atoms. The van der Waals surface area contributed by atoms with Gasteiger partial charge in [-0.15, -0.1) is 0 Å². The lowest BCUT2D eigenvalue weighted by Gasteiger charge is -2.25. The van der Waals surface area contributed by atoms with E-state index in [-0.39, 0.29) is 0 Å². The number of aromatic nitrogens is 3. The molecule has 0 amide bonds. The minimum absolute atomic E-state index is 0.627. The smallest absolute Gasteiger partial charge is 0.164 e.